The van der Waals surface area contributed by atoms with Crippen LogP contribution in [-0.2, 0) is 35.7 Å². The second-order valence-corrected chi connectivity index (χ2v) is 9.91. The molecule has 182 valence electrons. The molecule has 2 aromatic rings. The van der Waals surface area contributed by atoms with Crippen LogP contribution in [0.3, 0.4) is 0 Å². The molecule has 0 saturated carbocycles. The summed E-state index contributed by atoms with van der Waals surface area (Å²) >= 11 is 0. The van der Waals surface area contributed by atoms with E-state index in [1.54, 1.807) is 31.2 Å². The molecular weight excluding hydrogens is 466 g/mol. The van der Waals surface area contributed by atoms with Crippen molar-refractivity contribution in [1.82, 2.24) is 19.6 Å². The highest BCUT2D eigenvalue weighted by atomic mass is 32.2. The van der Waals surface area contributed by atoms with Gasteiger partial charge >= 0.3 is 17.9 Å². The predicted octanol–water partition coefficient (Wildman–Crippen LogP) is 0.549. The Kier molecular flexibility index (Phi) is 6.46. The summed E-state index contributed by atoms with van der Waals surface area (Å²) in [7, 11) is -1.85. The zero-order chi connectivity index (χ0) is 24.5. The standard InChI is InChI=1S/C21H25N5O7S/c1-3-33-21(29)25-10-8-24(9-11-25)20(28)19(27)22-18-16-12-34(30,31)13-17(16)23-26(18)14-4-6-15(32-2)7-5-14/h4-7H,3,8-13H2,1-2H3,(H,22,27). The van der Waals surface area contributed by atoms with Gasteiger partial charge in [-0.3, -0.25) is 9.59 Å². The molecular formula is C21H25N5O7S. The summed E-state index contributed by atoms with van der Waals surface area (Å²) in [5, 5.41) is 6.96. The van der Waals surface area contributed by atoms with Crippen LogP contribution in [0.1, 0.15) is 18.2 Å². The fraction of sp³-hybridized carbons (Fsp3) is 0.429. The maximum absolute atomic E-state index is 12.9. The molecule has 13 heteroatoms. The molecule has 1 N–H and O–H groups in total. The number of rotatable bonds is 4. The van der Waals surface area contributed by atoms with Crippen LogP contribution in [0.5, 0.6) is 5.75 Å². The second-order valence-electron chi connectivity index (χ2n) is 7.85. The van der Waals surface area contributed by atoms with E-state index >= 15 is 0 Å². The Hall–Kier alpha value is -3.61. The number of aromatic nitrogens is 2. The number of nitrogens with zero attached hydrogens (tertiary/aromatic N) is 4. The maximum Gasteiger partial charge on any atom is 0.409 e. The predicted molar refractivity (Wildman–Crippen MR) is 120 cm³/mol. The lowest BCUT2D eigenvalue weighted by molar-refractivity contribution is -0.144. The fourth-order valence-corrected chi connectivity index (χ4v) is 5.39. The van der Waals surface area contributed by atoms with Gasteiger partial charge < -0.3 is 24.6 Å². The van der Waals surface area contributed by atoms with Crippen molar-refractivity contribution in [3.63, 3.8) is 0 Å². The summed E-state index contributed by atoms with van der Waals surface area (Å²) in [4.78, 5) is 40.3. The molecule has 12 nitrogen and oxygen atoms in total. The first-order valence-corrected chi connectivity index (χ1v) is 12.5. The summed E-state index contributed by atoms with van der Waals surface area (Å²) in [6, 6.07) is 6.83. The van der Waals surface area contributed by atoms with Crippen LogP contribution >= 0.6 is 0 Å². The number of benzene rings is 1. The lowest BCUT2D eigenvalue weighted by Gasteiger charge is -2.33. The van der Waals surface area contributed by atoms with Gasteiger partial charge in [0.2, 0.25) is 0 Å². The van der Waals surface area contributed by atoms with Gasteiger partial charge in [0.05, 0.1) is 36.6 Å². The first-order valence-electron chi connectivity index (χ1n) is 10.7. The first kappa shape index (κ1) is 23.5. The van der Waals surface area contributed by atoms with Gasteiger partial charge in [0.1, 0.15) is 11.6 Å². The van der Waals surface area contributed by atoms with Crippen molar-refractivity contribution < 1.29 is 32.3 Å². The molecule has 3 amide bonds. The van der Waals surface area contributed by atoms with Crippen molar-refractivity contribution in [3.05, 3.63) is 35.5 Å². The molecule has 2 aliphatic heterocycles. The van der Waals surface area contributed by atoms with Gasteiger partial charge in [0, 0.05) is 31.7 Å². The lowest BCUT2D eigenvalue weighted by atomic mass is 10.2. The highest BCUT2D eigenvalue weighted by molar-refractivity contribution is 7.90. The monoisotopic (exact) mass is 491 g/mol. The van der Waals surface area contributed by atoms with Crippen molar-refractivity contribution in [3.8, 4) is 11.4 Å². The minimum Gasteiger partial charge on any atom is -0.497 e. The highest BCUT2D eigenvalue weighted by Gasteiger charge is 2.35. The number of nitrogens with one attached hydrogen (secondary N) is 1. The molecule has 1 aromatic carbocycles. The Labute approximate surface area is 196 Å². The van der Waals surface area contributed by atoms with E-state index in [1.807, 2.05) is 0 Å². The number of hydrogen-bond donors (Lipinski definition) is 1. The van der Waals surface area contributed by atoms with Gasteiger partial charge in [0.15, 0.2) is 9.84 Å². The van der Waals surface area contributed by atoms with Crippen LogP contribution in [0.15, 0.2) is 24.3 Å². The van der Waals surface area contributed by atoms with Crippen LogP contribution in [0.25, 0.3) is 5.69 Å². The molecule has 1 saturated heterocycles. The van der Waals surface area contributed by atoms with E-state index in [1.165, 1.54) is 21.6 Å². The molecule has 2 aliphatic rings. The lowest BCUT2D eigenvalue weighted by Crippen LogP contribution is -2.53. The third kappa shape index (κ3) is 4.69. The van der Waals surface area contributed by atoms with Gasteiger partial charge in [-0.1, -0.05) is 0 Å². The van der Waals surface area contributed by atoms with E-state index in [9.17, 15) is 22.8 Å². The van der Waals surface area contributed by atoms with Gasteiger partial charge in [0.25, 0.3) is 0 Å². The van der Waals surface area contributed by atoms with E-state index in [0.717, 1.165) is 0 Å². The molecule has 1 aromatic heterocycles. The summed E-state index contributed by atoms with van der Waals surface area (Å²) in [5.74, 6) is -1.44. The van der Waals surface area contributed by atoms with Crippen molar-refractivity contribution in [1.29, 1.82) is 0 Å². The number of piperazine rings is 1. The van der Waals surface area contributed by atoms with Crippen LogP contribution in [0.4, 0.5) is 10.6 Å². The molecule has 0 atom stereocenters. The Balaban J connectivity index is 1.53. The Morgan fingerprint density at radius 3 is 2.29 bits per heavy atom. The summed E-state index contributed by atoms with van der Waals surface area (Å²) < 4.78 is 35.8. The normalized spacial score (nSPS) is 16.6. The number of sulfone groups is 1. The molecule has 0 unspecified atom stereocenters. The quantitative estimate of drug-likeness (QED) is 0.612. The van der Waals surface area contributed by atoms with Crippen LogP contribution in [0.2, 0.25) is 0 Å². The minimum absolute atomic E-state index is 0.143. The van der Waals surface area contributed by atoms with Gasteiger partial charge in [-0.15, -0.1) is 0 Å². The Bertz CT molecular complexity index is 1210. The summed E-state index contributed by atoms with van der Waals surface area (Å²) in [6.07, 6.45) is -0.459. The summed E-state index contributed by atoms with van der Waals surface area (Å²) in [6.45, 7) is 2.80. The number of amides is 3. The van der Waals surface area contributed by atoms with Crippen molar-refractivity contribution in [2.45, 2.75) is 18.4 Å². The zero-order valence-corrected chi connectivity index (χ0v) is 19.6. The number of carbonyl (C=O) groups is 3. The Morgan fingerprint density at radius 2 is 1.68 bits per heavy atom. The van der Waals surface area contributed by atoms with Gasteiger partial charge in [-0.2, -0.15) is 5.10 Å². The number of hydrogen-bond acceptors (Lipinski definition) is 8. The molecule has 4 rings (SSSR count). The smallest absolute Gasteiger partial charge is 0.409 e. The van der Waals surface area contributed by atoms with E-state index in [0.29, 0.717) is 22.7 Å². The Morgan fingerprint density at radius 1 is 1.03 bits per heavy atom. The van der Waals surface area contributed by atoms with Crippen molar-refractivity contribution in [2.75, 3.05) is 45.2 Å². The second kappa shape index (κ2) is 9.33. The third-order valence-corrected chi connectivity index (χ3v) is 7.07. The van der Waals surface area contributed by atoms with Crippen molar-refractivity contribution in [2.24, 2.45) is 0 Å². The number of anilines is 1. The average molecular weight is 492 g/mol. The van der Waals surface area contributed by atoms with Crippen LogP contribution in [0, 0.1) is 0 Å². The third-order valence-electron chi connectivity index (χ3n) is 5.62. The van der Waals surface area contributed by atoms with E-state index in [2.05, 4.69) is 10.4 Å². The average Bonchev–Trinajstić information content (AvgIpc) is 3.31. The largest absolute Gasteiger partial charge is 0.497 e. The molecule has 3 heterocycles. The maximum atomic E-state index is 12.9. The van der Waals surface area contributed by atoms with E-state index < -0.39 is 27.7 Å². The van der Waals surface area contributed by atoms with Gasteiger partial charge in [-0.25, -0.2) is 17.9 Å². The van der Waals surface area contributed by atoms with Crippen LogP contribution in [-0.4, -0.2) is 85.8 Å². The number of fused-ring (bicyclic) bond motifs is 1. The first-order chi connectivity index (χ1) is 16.2. The number of carbonyl (C=O) groups excluding carboxylic acids is 3. The van der Waals surface area contributed by atoms with Crippen LogP contribution < -0.4 is 10.1 Å². The number of methoxy groups -OCH3 is 1. The molecule has 0 bridgehead atoms. The number of ether oxygens (including phenoxy) is 2. The molecule has 34 heavy (non-hydrogen) atoms. The molecule has 0 radical (unpaired) electrons. The minimum atomic E-state index is -3.38. The fourth-order valence-electron chi connectivity index (χ4n) is 3.89. The van der Waals surface area contributed by atoms with E-state index in [-0.39, 0.29) is 50.1 Å². The molecule has 1 fully saturated rings. The topological polar surface area (TPSA) is 140 Å². The van der Waals surface area contributed by atoms with Gasteiger partial charge in [-0.05, 0) is 31.2 Å². The molecule has 0 aliphatic carbocycles. The summed E-state index contributed by atoms with van der Waals surface area (Å²) in [5.41, 5.74) is 1.27. The highest BCUT2D eigenvalue weighted by Crippen LogP contribution is 2.33. The van der Waals surface area contributed by atoms with E-state index in [4.69, 9.17) is 9.47 Å². The van der Waals surface area contributed by atoms with Crippen molar-refractivity contribution >= 4 is 33.6 Å². The SMILES string of the molecule is CCOC(=O)N1CCN(C(=O)C(=O)Nc2c3c(nn2-c2ccc(OC)cc2)CS(=O)(=O)C3)CC1. The zero-order valence-electron chi connectivity index (χ0n) is 18.8. The molecule has 0 spiro atoms.